The molecule has 0 bridgehead atoms. The summed E-state index contributed by atoms with van der Waals surface area (Å²) < 4.78 is 25.9. The van der Waals surface area contributed by atoms with Gasteiger partial charge in [-0.1, -0.05) is 13.8 Å². The third-order valence-corrected chi connectivity index (χ3v) is 3.43. The Labute approximate surface area is 102 Å². The summed E-state index contributed by atoms with van der Waals surface area (Å²) in [4.78, 5) is 7.99. The minimum absolute atomic E-state index is 0.0907. The second-order valence-electron chi connectivity index (χ2n) is 3.57. The molecule has 17 heavy (non-hydrogen) atoms. The number of rotatable bonds is 7. The van der Waals surface area contributed by atoms with E-state index >= 15 is 0 Å². The molecule has 6 nitrogen and oxygen atoms in total. The lowest BCUT2D eigenvalue weighted by Crippen LogP contribution is -2.24. The van der Waals surface area contributed by atoms with Gasteiger partial charge in [-0.15, -0.1) is 0 Å². The quantitative estimate of drug-likeness (QED) is 0.762. The van der Waals surface area contributed by atoms with E-state index in [1.54, 1.807) is 0 Å². The van der Waals surface area contributed by atoms with Crippen molar-refractivity contribution in [1.82, 2.24) is 14.7 Å². The average molecular weight is 258 g/mol. The van der Waals surface area contributed by atoms with Crippen molar-refractivity contribution in [3.8, 4) is 0 Å². The standard InChI is InChI=1S/C10H18N4O2S/c1-3-5-11-10-12-7-9(8-13-10)17(15,16)14-6-4-2/h7-8,14H,3-6H2,1-2H3,(H,11,12,13). The first kappa shape index (κ1) is 13.9. The van der Waals surface area contributed by atoms with Gasteiger partial charge in [0.15, 0.2) is 0 Å². The monoisotopic (exact) mass is 258 g/mol. The highest BCUT2D eigenvalue weighted by Gasteiger charge is 2.13. The molecule has 0 aliphatic carbocycles. The first-order valence-electron chi connectivity index (χ1n) is 5.65. The van der Waals surface area contributed by atoms with Crippen LogP contribution in [0.2, 0.25) is 0 Å². The predicted molar refractivity (Wildman–Crippen MR) is 66.3 cm³/mol. The normalized spacial score (nSPS) is 11.4. The second kappa shape index (κ2) is 6.51. The largest absolute Gasteiger partial charge is 0.354 e. The molecule has 0 aliphatic heterocycles. The molecule has 1 rings (SSSR count). The Bertz CT molecular complexity index is 430. The molecule has 1 aromatic heterocycles. The highest BCUT2D eigenvalue weighted by Crippen LogP contribution is 2.07. The first-order valence-corrected chi connectivity index (χ1v) is 7.14. The molecular weight excluding hydrogens is 240 g/mol. The third kappa shape index (κ3) is 4.27. The smallest absolute Gasteiger partial charge is 0.243 e. The molecule has 0 aromatic carbocycles. The second-order valence-corrected chi connectivity index (χ2v) is 5.33. The van der Waals surface area contributed by atoms with Gasteiger partial charge in [-0.25, -0.2) is 23.1 Å². The molecule has 96 valence electrons. The number of nitrogens with one attached hydrogen (secondary N) is 2. The van der Waals surface area contributed by atoms with Gasteiger partial charge in [0.2, 0.25) is 16.0 Å². The van der Waals surface area contributed by atoms with Crippen molar-refractivity contribution in [3.05, 3.63) is 12.4 Å². The number of sulfonamides is 1. The maximum atomic E-state index is 11.7. The highest BCUT2D eigenvalue weighted by molar-refractivity contribution is 7.89. The molecular formula is C10H18N4O2S. The Kier molecular flexibility index (Phi) is 5.30. The van der Waals surface area contributed by atoms with E-state index in [1.165, 1.54) is 12.4 Å². The number of aromatic nitrogens is 2. The third-order valence-electron chi connectivity index (χ3n) is 2.01. The van der Waals surface area contributed by atoms with Crippen LogP contribution in [0.1, 0.15) is 26.7 Å². The fourth-order valence-electron chi connectivity index (χ4n) is 1.10. The van der Waals surface area contributed by atoms with Crippen molar-refractivity contribution < 1.29 is 8.42 Å². The molecule has 7 heteroatoms. The molecule has 0 unspecified atom stereocenters. The van der Waals surface area contributed by atoms with Crippen molar-refractivity contribution in [3.63, 3.8) is 0 Å². The van der Waals surface area contributed by atoms with Gasteiger partial charge in [-0.2, -0.15) is 0 Å². The Morgan fingerprint density at radius 3 is 2.24 bits per heavy atom. The minimum Gasteiger partial charge on any atom is -0.354 e. The number of hydrogen-bond donors (Lipinski definition) is 2. The molecule has 0 radical (unpaired) electrons. The first-order chi connectivity index (χ1) is 8.10. The van der Waals surface area contributed by atoms with Crippen LogP contribution in [-0.2, 0) is 10.0 Å². The van der Waals surface area contributed by atoms with Crippen LogP contribution in [0.4, 0.5) is 5.95 Å². The van der Waals surface area contributed by atoms with Crippen molar-refractivity contribution in [2.45, 2.75) is 31.6 Å². The van der Waals surface area contributed by atoms with Gasteiger partial charge in [0.05, 0.1) is 12.4 Å². The SMILES string of the molecule is CCCNc1ncc(S(=O)(=O)NCCC)cn1. The van der Waals surface area contributed by atoms with Crippen molar-refractivity contribution in [2.24, 2.45) is 0 Å². The Balaban J connectivity index is 2.73. The molecule has 0 aliphatic rings. The maximum Gasteiger partial charge on any atom is 0.243 e. The van der Waals surface area contributed by atoms with Gasteiger partial charge in [-0.3, -0.25) is 0 Å². The number of hydrogen-bond acceptors (Lipinski definition) is 5. The van der Waals surface area contributed by atoms with E-state index in [0.29, 0.717) is 12.5 Å². The molecule has 2 N–H and O–H groups in total. The number of nitrogens with zero attached hydrogens (tertiary/aromatic N) is 2. The Morgan fingerprint density at radius 2 is 1.71 bits per heavy atom. The summed E-state index contributed by atoms with van der Waals surface area (Å²) in [6, 6.07) is 0. The summed E-state index contributed by atoms with van der Waals surface area (Å²) in [6.45, 7) is 5.11. The molecule has 0 fully saturated rings. The lowest BCUT2D eigenvalue weighted by molar-refractivity contribution is 0.580. The lowest BCUT2D eigenvalue weighted by atomic mass is 10.5. The topological polar surface area (TPSA) is 84.0 Å². The lowest BCUT2D eigenvalue weighted by Gasteiger charge is -2.06. The molecule has 0 atom stereocenters. The Morgan fingerprint density at radius 1 is 1.12 bits per heavy atom. The van der Waals surface area contributed by atoms with Gasteiger partial charge in [0.25, 0.3) is 0 Å². The summed E-state index contributed by atoms with van der Waals surface area (Å²) in [7, 11) is -3.46. The van der Waals surface area contributed by atoms with Crippen LogP contribution < -0.4 is 10.0 Å². The van der Waals surface area contributed by atoms with Gasteiger partial charge < -0.3 is 5.32 Å². The Hall–Kier alpha value is -1.21. The van der Waals surface area contributed by atoms with Crippen molar-refractivity contribution >= 4 is 16.0 Å². The van der Waals surface area contributed by atoms with Gasteiger partial charge >= 0.3 is 0 Å². The summed E-state index contributed by atoms with van der Waals surface area (Å²) in [5.74, 6) is 0.446. The van der Waals surface area contributed by atoms with Gasteiger partial charge in [0.1, 0.15) is 4.90 Å². The van der Waals surface area contributed by atoms with Crippen LogP contribution in [0.3, 0.4) is 0 Å². The van der Waals surface area contributed by atoms with Crippen LogP contribution in [0.5, 0.6) is 0 Å². The van der Waals surface area contributed by atoms with E-state index in [2.05, 4.69) is 20.0 Å². The fraction of sp³-hybridized carbons (Fsp3) is 0.600. The summed E-state index contributed by atoms with van der Waals surface area (Å²) in [5.41, 5.74) is 0. The predicted octanol–water partition coefficient (Wildman–Crippen LogP) is 0.987. The van der Waals surface area contributed by atoms with Crippen molar-refractivity contribution in [2.75, 3.05) is 18.4 Å². The molecule has 0 spiro atoms. The van der Waals surface area contributed by atoms with E-state index in [1.807, 2.05) is 13.8 Å². The minimum atomic E-state index is -3.46. The summed E-state index contributed by atoms with van der Waals surface area (Å²) in [5, 5.41) is 2.98. The van der Waals surface area contributed by atoms with E-state index in [4.69, 9.17) is 0 Å². The average Bonchev–Trinajstić information content (AvgIpc) is 2.34. The molecule has 1 aromatic rings. The zero-order valence-corrected chi connectivity index (χ0v) is 10.9. The van der Waals surface area contributed by atoms with Crippen molar-refractivity contribution in [1.29, 1.82) is 0 Å². The van der Waals surface area contributed by atoms with Gasteiger partial charge in [-0.05, 0) is 12.8 Å². The van der Waals surface area contributed by atoms with E-state index in [0.717, 1.165) is 19.4 Å². The molecule has 0 amide bonds. The van der Waals surface area contributed by atoms with Crippen LogP contribution in [0.25, 0.3) is 0 Å². The van der Waals surface area contributed by atoms with Crippen LogP contribution in [0.15, 0.2) is 17.3 Å². The van der Waals surface area contributed by atoms with E-state index in [-0.39, 0.29) is 4.90 Å². The van der Waals surface area contributed by atoms with Gasteiger partial charge in [0, 0.05) is 13.1 Å². The molecule has 1 heterocycles. The molecule has 0 saturated carbocycles. The maximum absolute atomic E-state index is 11.7. The summed E-state index contributed by atoms with van der Waals surface area (Å²) in [6.07, 6.45) is 4.32. The zero-order chi connectivity index (χ0) is 12.7. The van der Waals surface area contributed by atoms with Crippen LogP contribution >= 0.6 is 0 Å². The fourth-order valence-corrected chi connectivity index (χ4v) is 2.13. The van der Waals surface area contributed by atoms with E-state index in [9.17, 15) is 8.42 Å². The molecule has 0 saturated heterocycles. The highest BCUT2D eigenvalue weighted by atomic mass is 32.2. The number of anilines is 1. The van der Waals surface area contributed by atoms with Crippen LogP contribution in [-0.4, -0.2) is 31.5 Å². The van der Waals surface area contributed by atoms with E-state index < -0.39 is 10.0 Å². The zero-order valence-electron chi connectivity index (χ0n) is 10.1. The summed E-state index contributed by atoms with van der Waals surface area (Å²) >= 11 is 0. The van der Waals surface area contributed by atoms with Crippen LogP contribution in [0, 0.1) is 0 Å².